The molecule has 0 spiro atoms. The molecule has 3 aliphatic heterocycles. The number of hydrogen-bond acceptors (Lipinski definition) is 17. The summed E-state index contributed by atoms with van der Waals surface area (Å²) >= 11 is 0. The number of fused-ring (bicyclic) bond motifs is 3. The molecule has 6 aromatic carbocycles. The van der Waals surface area contributed by atoms with E-state index >= 15 is 0 Å². The van der Waals surface area contributed by atoms with Crippen LogP contribution in [0.2, 0.25) is 0 Å². The Labute approximate surface area is 705 Å². The van der Waals surface area contributed by atoms with Gasteiger partial charge in [0.1, 0.15) is 23.1 Å². The highest BCUT2D eigenvalue weighted by Crippen LogP contribution is 2.45. The standard InChI is InChI=1S/2C30H37N7O4.C29H35N7O3/c1-8-25(38)31-20-14-15-21(24(16-20)41-7)28(39)33-27-22-17-37(30(2,3)26(22)36(6)34-27)29(40)32-23(18-35(4)5)19-12-10-9-11-13-19;1-8-25(38)31-20-14-15-21(24(16-20)41-7)28(39)33-27-22-17-37(30(2,3)26(22)34-36(27)6)29(40)32-23(18-35(4)5)19-12-10-9-11-13-19;1-7-24(37)30-21-15-13-20(14-16-21)27(38)32-26-22-17-36(29(2,3)25(22)33-35(26)6)28(39)31-23(18-34(4)5)19-11-9-8-10-12-19/h8-16,23H,1,17-18H2,2-7H3,(H,31,38)(H,32,40)(H,33,34,39);8-16,23H,1,17-18H2,2-7H3,(H,31,38)(H,32,40)(H,33,39);7-16,23H,1,17-18H2,2-6H3,(H,30,37)(H,31,39)(H,32,38)/t3*23-/m111/s1. The van der Waals surface area contributed by atoms with Gasteiger partial charge in [-0.2, -0.15) is 15.3 Å². The maximum atomic E-state index is 13.7. The smallest absolute Gasteiger partial charge is 0.319 e. The average Bonchev–Trinajstić information content (AvgIpc) is 1.59. The van der Waals surface area contributed by atoms with Gasteiger partial charge in [0.05, 0.1) is 96.8 Å². The zero-order chi connectivity index (χ0) is 88.1. The second-order valence-corrected chi connectivity index (χ2v) is 31.7. The van der Waals surface area contributed by atoms with Gasteiger partial charge >= 0.3 is 18.1 Å². The number of likely N-dealkylation sites (N-methyl/N-ethyl adjacent to an activating group) is 3. The van der Waals surface area contributed by atoms with E-state index in [9.17, 15) is 43.2 Å². The highest BCUT2D eigenvalue weighted by molar-refractivity contribution is 6.09. The minimum atomic E-state index is -0.720. The zero-order valence-electron chi connectivity index (χ0n) is 71.6. The van der Waals surface area contributed by atoms with Crippen molar-refractivity contribution >= 4 is 88.1 Å². The summed E-state index contributed by atoms with van der Waals surface area (Å²) < 4.78 is 15.8. The van der Waals surface area contributed by atoms with Crippen LogP contribution in [0, 0.1) is 0 Å². The lowest BCUT2D eigenvalue weighted by molar-refractivity contribution is -0.112. The van der Waals surface area contributed by atoms with Crippen molar-refractivity contribution in [2.75, 3.05) is 108 Å². The molecule has 636 valence electrons. The van der Waals surface area contributed by atoms with E-state index in [0.29, 0.717) is 72.0 Å². The minimum absolute atomic E-state index is 0.193. The first-order valence-corrected chi connectivity index (χ1v) is 39.2. The summed E-state index contributed by atoms with van der Waals surface area (Å²) in [6.45, 7) is 24.8. The van der Waals surface area contributed by atoms with Gasteiger partial charge < -0.3 is 86.7 Å². The molecule has 121 heavy (non-hydrogen) atoms. The normalized spacial score (nSPS) is 14.3. The van der Waals surface area contributed by atoms with Crippen LogP contribution in [0.5, 0.6) is 11.5 Å². The number of urea groups is 3. The summed E-state index contributed by atoms with van der Waals surface area (Å²) in [5, 5.41) is 40.3. The van der Waals surface area contributed by atoms with E-state index in [4.69, 9.17) is 14.6 Å². The molecule has 0 saturated carbocycles. The molecule has 6 heterocycles. The number of anilines is 6. The van der Waals surface area contributed by atoms with E-state index in [0.717, 1.165) is 56.9 Å². The van der Waals surface area contributed by atoms with Crippen molar-refractivity contribution < 1.29 is 52.6 Å². The molecule has 0 aliphatic carbocycles. The summed E-state index contributed by atoms with van der Waals surface area (Å²) in [6.07, 6.45) is 3.49. The van der Waals surface area contributed by atoms with Gasteiger partial charge in [0.2, 0.25) is 17.7 Å². The Morgan fingerprint density at radius 3 is 1.10 bits per heavy atom. The maximum Gasteiger partial charge on any atom is 0.319 e. The van der Waals surface area contributed by atoms with Crippen LogP contribution in [0.15, 0.2) is 190 Å². The van der Waals surface area contributed by atoms with Gasteiger partial charge in [-0.15, -0.1) is 0 Å². The van der Waals surface area contributed by atoms with Gasteiger partial charge in [0, 0.05) is 92.2 Å². The summed E-state index contributed by atoms with van der Waals surface area (Å²) in [4.78, 5) is 127. The number of aryl methyl sites for hydroxylation is 3. The molecular formula is C89H109N21O11. The largest absolute Gasteiger partial charge is 0.496 e. The maximum absolute atomic E-state index is 13.7. The van der Waals surface area contributed by atoms with Crippen LogP contribution in [0.25, 0.3) is 0 Å². The van der Waals surface area contributed by atoms with Crippen molar-refractivity contribution in [3.63, 3.8) is 0 Å². The molecule has 9 aromatic rings. The fraction of sp³-hybridized carbons (Fsp3) is 0.326. The van der Waals surface area contributed by atoms with Crippen LogP contribution < -0.4 is 57.3 Å². The number of aromatic nitrogens is 6. The number of methoxy groups -OCH3 is 2. The zero-order valence-corrected chi connectivity index (χ0v) is 71.6. The molecule has 3 atom stereocenters. The van der Waals surface area contributed by atoms with Crippen LogP contribution in [0.4, 0.5) is 48.9 Å². The molecule has 12 rings (SSSR count). The van der Waals surface area contributed by atoms with Crippen molar-refractivity contribution in [1.82, 2.24) is 74.7 Å². The summed E-state index contributed by atoms with van der Waals surface area (Å²) in [5.74, 6) is -0.265. The predicted molar refractivity (Wildman–Crippen MR) is 467 cm³/mol. The second kappa shape index (κ2) is 38.3. The van der Waals surface area contributed by atoms with Crippen LogP contribution in [-0.4, -0.2) is 188 Å². The quantitative estimate of drug-likeness (QED) is 0.0227. The molecule has 0 saturated heterocycles. The lowest BCUT2D eigenvalue weighted by Crippen LogP contribution is -2.49. The Bertz CT molecular complexity index is 5340. The third-order valence-electron chi connectivity index (χ3n) is 21.1. The van der Waals surface area contributed by atoms with Crippen LogP contribution >= 0.6 is 0 Å². The predicted octanol–water partition coefficient (Wildman–Crippen LogP) is 11.6. The number of ether oxygens (including phenoxy) is 2. The number of nitrogens with one attached hydrogen (secondary N) is 9. The van der Waals surface area contributed by atoms with Gasteiger partial charge in [0.25, 0.3) is 17.7 Å². The summed E-state index contributed by atoms with van der Waals surface area (Å²) in [5.41, 5.74) is 8.02. The number of carbonyl (C=O) groups excluding carboxylic acids is 9. The number of amides is 12. The van der Waals surface area contributed by atoms with Crippen molar-refractivity contribution in [3.8, 4) is 11.5 Å². The van der Waals surface area contributed by atoms with Crippen LogP contribution in [-0.2, 0) is 71.8 Å². The van der Waals surface area contributed by atoms with Gasteiger partial charge in [-0.1, -0.05) is 111 Å². The van der Waals surface area contributed by atoms with Gasteiger partial charge in [0.15, 0.2) is 5.82 Å². The van der Waals surface area contributed by atoms with E-state index in [1.807, 2.05) is 190 Å². The van der Waals surface area contributed by atoms with Gasteiger partial charge in [-0.3, -0.25) is 42.8 Å². The third-order valence-corrected chi connectivity index (χ3v) is 21.1. The third kappa shape index (κ3) is 20.7. The number of rotatable bonds is 26. The Hall–Kier alpha value is -13.7. The van der Waals surface area contributed by atoms with Crippen molar-refractivity contribution in [2.45, 2.75) is 95.9 Å². The topological polar surface area (TPSA) is 353 Å². The van der Waals surface area contributed by atoms with Gasteiger partial charge in [-0.05, 0) is 167 Å². The monoisotopic (exact) mass is 1650 g/mol. The molecule has 3 aliphatic rings. The van der Waals surface area contributed by atoms with E-state index in [2.05, 4.69) is 77.8 Å². The first kappa shape index (κ1) is 89.6. The molecule has 12 amide bonds. The Kier molecular flexibility index (Phi) is 28.4. The Balaban J connectivity index is 0.000000191. The average molecular weight is 1650 g/mol. The number of hydrogen-bond donors (Lipinski definition) is 9. The van der Waals surface area contributed by atoms with Gasteiger partial charge in [-0.25, -0.2) is 14.4 Å². The molecule has 0 fully saturated rings. The van der Waals surface area contributed by atoms with E-state index in [-0.39, 0.29) is 95.6 Å². The minimum Gasteiger partial charge on any atom is -0.496 e. The lowest BCUT2D eigenvalue weighted by atomic mass is 10.0. The number of carbonyl (C=O) groups is 9. The number of benzene rings is 6. The molecule has 32 nitrogen and oxygen atoms in total. The first-order chi connectivity index (χ1) is 57.4. The molecule has 0 unspecified atom stereocenters. The highest BCUT2D eigenvalue weighted by Gasteiger charge is 2.49. The molecule has 32 heteroatoms. The van der Waals surface area contributed by atoms with Crippen molar-refractivity contribution in [2.24, 2.45) is 21.1 Å². The molecular weight excluding hydrogens is 1540 g/mol. The molecule has 3 aromatic heterocycles. The van der Waals surface area contributed by atoms with Crippen LogP contribution in [0.3, 0.4) is 0 Å². The SMILES string of the molecule is C=CC(=O)Nc1ccc(C(=O)Nc2c3c(nn2C)C(C)(C)N(C(=O)N[C@H](CN(C)C)c2ccccc2)C3)c(OC)c1.C=CC(=O)Nc1ccc(C(=O)Nc2c3c(nn2C)C(C)(C)N(C(=O)N[C@H](CN(C)C)c2ccccc2)C3)cc1.C=CC(=O)Nc1ccc(C(=O)Nc2nn(C)c3c2CN(C(=O)N[C@H](CN(C)C)c2ccccc2)C3(C)C)c(OC)c1. The molecule has 0 radical (unpaired) electrons. The van der Waals surface area contributed by atoms with Crippen molar-refractivity contribution in [1.29, 1.82) is 0 Å². The summed E-state index contributed by atoms with van der Waals surface area (Å²) in [6, 6.07) is 44.4. The molecule has 0 bridgehead atoms. The van der Waals surface area contributed by atoms with E-state index < -0.39 is 28.4 Å². The second-order valence-electron chi connectivity index (χ2n) is 31.7. The van der Waals surface area contributed by atoms with E-state index in [1.54, 1.807) is 111 Å². The highest BCUT2D eigenvalue weighted by atomic mass is 16.5. The fourth-order valence-electron chi connectivity index (χ4n) is 15.0. The first-order valence-electron chi connectivity index (χ1n) is 39.2. The Morgan fingerprint density at radius 2 is 0.744 bits per heavy atom. The van der Waals surface area contributed by atoms with Crippen molar-refractivity contribution in [3.05, 3.63) is 257 Å². The number of nitrogens with zero attached hydrogens (tertiary/aromatic N) is 12. The van der Waals surface area contributed by atoms with Crippen LogP contribution in [0.1, 0.15) is 141 Å². The fourth-order valence-corrected chi connectivity index (χ4v) is 15.0. The lowest BCUT2D eigenvalue weighted by Gasteiger charge is -2.34. The van der Waals surface area contributed by atoms with E-state index in [1.165, 1.54) is 20.3 Å². The molecule has 9 N–H and O–H groups in total. The summed E-state index contributed by atoms with van der Waals surface area (Å²) in [7, 11) is 20.0. The Morgan fingerprint density at radius 1 is 0.413 bits per heavy atom.